The van der Waals surface area contributed by atoms with Gasteiger partial charge in [-0.15, -0.1) is 0 Å². The first-order valence-electron chi connectivity index (χ1n) is 9.55. The van der Waals surface area contributed by atoms with Gasteiger partial charge in [0.15, 0.2) is 11.6 Å². The lowest BCUT2D eigenvalue weighted by atomic mass is 10.0. The molecule has 4 aromatic rings. The molecule has 0 radical (unpaired) electrons. The highest BCUT2D eigenvalue weighted by atomic mass is 19.2. The van der Waals surface area contributed by atoms with E-state index in [1.54, 1.807) is 43.5 Å². The predicted molar refractivity (Wildman–Crippen MR) is 111 cm³/mol. The molecule has 3 aromatic carbocycles. The lowest BCUT2D eigenvalue weighted by Crippen LogP contribution is -2.18. The molecule has 5 nitrogen and oxygen atoms in total. The Labute approximate surface area is 175 Å². The van der Waals surface area contributed by atoms with Crippen LogP contribution in [0.4, 0.5) is 13.2 Å². The number of benzene rings is 3. The molecule has 0 bridgehead atoms. The van der Waals surface area contributed by atoms with Gasteiger partial charge in [-0.05, 0) is 29.8 Å². The van der Waals surface area contributed by atoms with Crippen molar-refractivity contribution in [2.24, 2.45) is 0 Å². The van der Waals surface area contributed by atoms with Gasteiger partial charge in [0, 0.05) is 24.3 Å². The first kappa shape index (κ1) is 20.7. The second-order valence-electron chi connectivity index (χ2n) is 6.96. The summed E-state index contributed by atoms with van der Waals surface area (Å²) < 4.78 is 52.9. The first-order valence-corrected chi connectivity index (χ1v) is 9.55. The summed E-state index contributed by atoms with van der Waals surface area (Å²) in [6.07, 6.45) is 0. The zero-order chi connectivity index (χ0) is 22.0. The summed E-state index contributed by atoms with van der Waals surface area (Å²) >= 11 is 0. The maximum atomic E-state index is 14.0. The summed E-state index contributed by atoms with van der Waals surface area (Å²) in [5, 5.41) is 3.64. The third-order valence-electron chi connectivity index (χ3n) is 4.96. The number of aromatic amines is 1. The highest BCUT2D eigenvalue weighted by Crippen LogP contribution is 2.27. The van der Waals surface area contributed by atoms with Crippen molar-refractivity contribution in [1.29, 1.82) is 0 Å². The molecule has 0 fully saturated rings. The van der Waals surface area contributed by atoms with Crippen LogP contribution in [0.3, 0.4) is 0 Å². The molecule has 0 aliphatic heterocycles. The SMILES string of the molecule is COCCn1[nH]c2c(COc3ccc(-c4cc(F)c(F)cc4F)cc3)cccc2c1=O. The number of halogens is 3. The number of H-pyrrole nitrogens is 1. The largest absolute Gasteiger partial charge is 0.489 e. The van der Waals surface area contributed by atoms with Gasteiger partial charge in [0.2, 0.25) is 0 Å². The molecular formula is C23H19F3N2O3. The Morgan fingerprint density at radius 2 is 1.71 bits per heavy atom. The molecule has 1 aromatic heterocycles. The number of nitrogens with one attached hydrogen (secondary N) is 1. The van der Waals surface area contributed by atoms with Crippen LogP contribution in [0.15, 0.2) is 59.4 Å². The van der Waals surface area contributed by atoms with E-state index in [-0.39, 0.29) is 17.7 Å². The number of nitrogens with zero attached hydrogens (tertiary/aromatic N) is 1. The molecule has 0 atom stereocenters. The fraction of sp³-hybridized carbons (Fsp3) is 0.174. The van der Waals surface area contributed by atoms with Gasteiger partial charge in [0.05, 0.1) is 24.1 Å². The number of ether oxygens (including phenoxy) is 2. The lowest BCUT2D eigenvalue weighted by molar-refractivity contribution is 0.183. The summed E-state index contributed by atoms with van der Waals surface area (Å²) in [4.78, 5) is 12.5. The quantitative estimate of drug-likeness (QED) is 0.437. The van der Waals surface area contributed by atoms with E-state index in [4.69, 9.17) is 9.47 Å². The second-order valence-corrected chi connectivity index (χ2v) is 6.96. The Bertz CT molecular complexity index is 1280. The first-order chi connectivity index (χ1) is 15.0. The van der Waals surface area contributed by atoms with E-state index in [2.05, 4.69) is 5.10 Å². The number of hydrogen-bond donors (Lipinski definition) is 1. The van der Waals surface area contributed by atoms with E-state index >= 15 is 0 Å². The molecule has 31 heavy (non-hydrogen) atoms. The van der Waals surface area contributed by atoms with Crippen LogP contribution in [0, 0.1) is 17.5 Å². The number of para-hydroxylation sites is 1. The average molecular weight is 428 g/mol. The predicted octanol–water partition coefficient (Wildman–Crippen LogP) is 4.64. The lowest BCUT2D eigenvalue weighted by Gasteiger charge is -2.09. The van der Waals surface area contributed by atoms with E-state index in [1.807, 2.05) is 6.07 Å². The Morgan fingerprint density at radius 3 is 2.45 bits per heavy atom. The molecule has 160 valence electrons. The summed E-state index contributed by atoms with van der Waals surface area (Å²) in [6.45, 7) is 1.01. The Balaban J connectivity index is 1.53. The van der Waals surface area contributed by atoms with Crippen LogP contribution in [0.1, 0.15) is 5.56 Å². The maximum Gasteiger partial charge on any atom is 0.274 e. The van der Waals surface area contributed by atoms with Crippen LogP contribution in [0.25, 0.3) is 22.0 Å². The number of methoxy groups -OCH3 is 1. The van der Waals surface area contributed by atoms with Gasteiger partial charge < -0.3 is 9.47 Å². The molecule has 0 saturated heterocycles. The highest BCUT2D eigenvalue weighted by molar-refractivity contribution is 5.81. The topological polar surface area (TPSA) is 56.2 Å². The fourth-order valence-electron chi connectivity index (χ4n) is 3.34. The van der Waals surface area contributed by atoms with Crippen LogP contribution in [0.5, 0.6) is 5.75 Å². The molecule has 8 heteroatoms. The smallest absolute Gasteiger partial charge is 0.274 e. The number of aromatic nitrogens is 2. The van der Waals surface area contributed by atoms with Gasteiger partial charge in [-0.3, -0.25) is 9.89 Å². The minimum Gasteiger partial charge on any atom is -0.489 e. The van der Waals surface area contributed by atoms with Crippen LogP contribution in [0.2, 0.25) is 0 Å². The maximum absolute atomic E-state index is 14.0. The van der Waals surface area contributed by atoms with E-state index in [0.29, 0.717) is 41.4 Å². The third kappa shape index (κ3) is 4.20. The monoisotopic (exact) mass is 428 g/mol. The van der Waals surface area contributed by atoms with E-state index in [9.17, 15) is 18.0 Å². The molecular weight excluding hydrogens is 409 g/mol. The van der Waals surface area contributed by atoms with Gasteiger partial charge >= 0.3 is 0 Å². The van der Waals surface area contributed by atoms with Crippen molar-refractivity contribution in [3.8, 4) is 16.9 Å². The molecule has 0 unspecified atom stereocenters. The zero-order valence-corrected chi connectivity index (χ0v) is 16.6. The summed E-state index contributed by atoms with van der Waals surface area (Å²) in [5.74, 6) is -2.69. The van der Waals surface area contributed by atoms with Crippen LogP contribution in [-0.2, 0) is 17.9 Å². The van der Waals surface area contributed by atoms with Gasteiger partial charge in [-0.1, -0.05) is 24.3 Å². The third-order valence-corrected chi connectivity index (χ3v) is 4.96. The van der Waals surface area contributed by atoms with Crippen molar-refractivity contribution in [2.75, 3.05) is 13.7 Å². The summed E-state index contributed by atoms with van der Waals surface area (Å²) in [5.41, 5.74) is 1.70. The van der Waals surface area contributed by atoms with Crippen molar-refractivity contribution in [3.05, 3.63) is 88.0 Å². The Kier molecular flexibility index (Phi) is 5.81. The number of hydrogen-bond acceptors (Lipinski definition) is 3. The Morgan fingerprint density at radius 1 is 0.968 bits per heavy atom. The molecule has 4 rings (SSSR count). The molecule has 0 aliphatic rings. The molecule has 0 amide bonds. The minimum absolute atomic E-state index is 0.0369. The standard InChI is InChI=1S/C23H19F3N2O3/c1-30-10-9-28-23(29)17-4-2-3-15(22(17)27-28)13-31-16-7-5-14(6-8-16)18-11-20(25)21(26)12-19(18)24/h2-8,11-12,27H,9-10,13H2,1H3. The summed E-state index contributed by atoms with van der Waals surface area (Å²) in [6, 6.07) is 13.1. The molecule has 0 aliphatic carbocycles. The van der Waals surface area contributed by atoms with E-state index in [0.717, 1.165) is 11.6 Å². The van der Waals surface area contributed by atoms with Gasteiger partial charge in [0.25, 0.3) is 5.56 Å². The van der Waals surface area contributed by atoms with Crippen molar-refractivity contribution in [2.45, 2.75) is 13.2 Å². The summed E-state index contributed by atoms with van der Waals surface area (Å²) in [7, 11) is 1.57. The highest BCUT2D eigenvalue weighted by Gasteiger charge is 2.13. The van der Waals surface area contributed by atoms with Gasteiger partial charge in [0.1, 0.15) is 18.2 Å². The fourth-order valence-corrected chi connectivity index (χ4v) is 3.34. The van der Waals surface area contributed by atoms with E-state index < -0.39 is 17.5 Å². The average Bonchev–Trinajstić information content (AvgIpc) is 3.10. The minimum atomic E-state index is -1.23. The number of fused-ring (bicyclic) bond motifs is 1. The molecule has 0 spiro atoms. The zero-order valence-electron chi connectivity index (χ0n) is 16.6. The second kappa shape index (κ2) is 8.69. The van der Waals surface area contributed by atoms with Gasteiger partial charge in [-0.2, -0.15) is 0 Å². The normalized spacial score (nSPS) is 11.2. The van der Waals surface area contributed by atoms with Crippen molar-refractivity contribution < 1.29 is 22.6 Å². The van der Waals surface area contributed by atoms with Crippen LogP contribution < -0.4 is 10.3 Å². The van der Waals surface area contributed by atoms with E-state index in [1.165, 1.54) is 4.68 Å². The van der Waals surface area contributed by atoms with Gasteiger partial charge in [-0.25, -0.2) is 17.9 Å². The van der Waals surface area contributed by atoms with Crippen molar-refractivity contribution >= 4 is 10.9 Å². The Hall–Kier alpha value is -3.52. The number of rotatable bonds is 7. The molecule has 1 N–H and O–H groups in total. The van der Waals surface area contributed by atoms with Crippen molar-refractivity contribution in [1.82, 2.24) is 9.78 Å². The molecule has 0 saturated carbocycles. The van der Waals surface area contributed by atoms with Crippen molar-refractivity contribution in [3.63, 3.8) is 0 Å². The molecule has 1 heterocycles. The van der Waals surface area contributed by atoms with Crippen LogP contribution in [-0.4, -0.2) is 23.5 Å². The van der Waals surface area contributed by atoms with Crippen LogP contribution >= 0.6 is 0 Å².